The number of carbonyl (C=O) groups is 2. The van der Waals surface area contributed by atoms with Crippen molar-refractivity contribution in [2.24, 2.45) is 11.3 Å². The van der Waals surface area contributed by atoms with Crippen LogP contribution in [0.1, 0.15) is 46.5 Å². The first kappa shape index (κ1) is 19.5. The second-order valence-electron chi connectivity index (χ2n) is 8.83. The van der Waals surface area contributed by atoms with Gasteiger partial charge in [0, 0.05) is 24.7 Å². The Bertz CT molecular complexity index is 686. The van der Waals surface area contributed by atoms with Crippen LogP contribution in [0.2, 0.25) is 0 Å². The fraction of sp³-hybridized carbons (Fsp3) is 0.619. The quantitative estimate of drug-likeness (QED) is 0.851. The van der Waals surface area contributed by atoms with Crippen LogP contribution in [0.25, 0.3) is 0 Å². The van der Waals surface area contributed by atoms with E-state index in [1.807, 2.05) is 24.3 Å². The Morgan fingerprint density at radius 1 is 1.15 bits per heavy atom. The molecule has 1 aliphatic carbocycles. The third-order valence-corrected chi connectivity index (χ3v) is 5.57. The van der Waals surface area contributed by atoms with Gasteiger partial charge in [-0.15, -0.1) is 0 Å². The van der Waals surface area contributed by atoms with Gasteiger partial charge in [0.2, 0.25) is 5.91 Å². The molecular formula is C21H31N3O3. The molecule has 6 nitrogen and oxygen atoms in total. The summed E-state index contributed by atoms with van der Waals surface area (Å²) in [5, 5.41) is 6.10. The second kappa shape index (κ2) is 7.79. The number of benzene rings is 1. The molecule has 1 aliphatic heterocycles. The average molecular weight is 373 g/mol. The monoisotopic (exact) mass is 373 g/mol. The van der Waals surface area contributed by atoms with E-state index in [1.165, 1.54) is 6.42 Å². The lowest BCUT2D eigenvalue weighted by atomic mass is 9.71. The maximum absolute atomic E-state index is 12.4. The van der Waals surface area contributed by atoms with E-state index >= 15 is 0 Å². The lowest BCUT2D eigenvalue weighted by Crippen LogP contribution is -2.50. The van der Waals surface area contributed by atoms with Crippen molar-refractivity contribution >= 4 is 17.6 Å². The SMILES string of the molecule is COc1ccc(N2C[C@H](NC(=O)N[C@H]3C[C@@H](C)CC(C)(C)C3)CC2=O)cc1. The predicted octanol–water partition coefficient (Wildman–Crippen LogP) is 3.31. The molecular weight excluding hydrogens is 342 g/mol. The molecule has 1 aromatic carbocycles. The molecule has 2 aliphatic rings. The minimum absolute atomic E-state index is 0.0258. The van der Waals surface area contributed by atoms with Crippen LogP contribution in [-0.4, -0.2) is 37.7 Å². The van der Waals surface area contributed by atoms with E-state index in [0.717, 1.165) is 24.3 Å². The van der Waals surface area contributed by atoms with Crippen molar-refractivity contribution in [1.29, 1.82) is 0 Å². The van der Waals surface area contributed by atoms with Crippen molar-refractivity contribution in [2.75, 3.05) is 18.6 Å². The second-order valence-corrected chi connectivity index (χ2v) is 8.83. The van der Waals surface area contributed by atoms with Gasteiger partial charge in [-0.1, -0.05) is 20.8 Å². The van der Waals surface area contributed by atoms with E-state index in [-0.39, 0.29) is 29.4 Å². The van der Waals surface area contributed by atoms with Gasteiger partial charge in [0.1, 0.15) is 5.75 Å². The number of anilines is 1. The molecule has 3 atom stereocenters. The van der Waals surface area contributed by atoms with Crippen LogP contribution >= 0.6 is 0 Å². The lowest BCUT2D eigenvalue weighted by Gasteiger charge is -2.39. The molecule has 6 heteroatoms. The van der Waals surface area contributed by atoms with E-state index < -0.39 is 0 Å². The fourth-order valence-corrected chi connectivity index (χ4v) is 4.68. The van der Waals surface area contributed by atoms with Crippen LogP contribution in [-0.2, 0) is 4.79 Å². The predicted molar refractivity (Wildman–Crippen MR) is 106 cm³/mol. The largest absolute Gasteiger partial charge is 0.497 e. The highest BCUT2D eigenvalue weighted by Crippen LogP contribution is 2.38. The number of carbonyl (C=O) groups excluding carboxylic acids is 2. The van der Waals surface area contributed by atoms with Gasteiger partial charge in [0.15, 0.2) is 0 Å². The van der Waals surface area contributed by atoms with E-state index in [2.05, 4.69) is 31.4 Å². The number of nitrogens with zero attached hydrogens (tertiary/aromatic N) is 1. The average Bonchev–Trinajstić information content (AvgIpc) is 2.93. The molecule has 1 saturated heterocycles. The molecule has 3 rings (SSSR count). The van der Waals surface area contributed by atoms with E-state index in [9.17, 15) is 9.59 Å². The number of amides is 3. The maximum atomic E-state index is 12.4. The van der Waals surface area contributed by atoms with Crippen molar-refractivity contribution in [3.63, 3.8) is 0 Å². The minimum atomic E-state index is -0.173. The minimum Gasteiger partial charge on any atom is -0.497 e. The molecule has 2 N–H and O–H groups in total. The molecule has 27 heavy (non-hydrogen) atoms. The van der Waals surface area contributed by atoms with Crippen molar-refractivity contribution in [2.45, 2.75) is 58.5 Å². The fourth-order valence-electron chi connectivity index (χ4n) is 4.68. The molecule has 2 fully saturated rings. The number of urea groups is 1. The Balaban J connectivity index is 1.53. The third-order valence-electron chi connectivity index (χ3n) is 5.57. The van der Waals surface area contributed by atoms with Crippen molar-refractivity contribution < 1.29 is 14.3 Å². The van der Waals surface area contributed by atoms with Gasteiger partial charge in [-0.3, -0.25) is 4.79 Å². The standard InChI is InChI=1S/C21H31N3O3/c1-14-9-15(12-21(2,3)11-14)22-20(26)23-16-10-19(25)24(13-16)17-5-7-18(27-4)8-6-17/h5-8,14-16H,9-13H2,1-4H3,(H2,22,23,26)/t14-,15+,16-/m1/s1. The molecule has 0 spiro atoms. The third kappa shape index (κ3) is 4.93. The molecule has 1 aromatic rings. The topological polar surface area (TPSA) is 70.7 Å². The first-order valence-electron chi connectivity index (χ1n) is 9.77. The number of ether oxygens (including phenoxy) is 1. The van der Waals surface area contributed by atoms with Gasteiger partial charge >= 0.3 is 6.03 Å². The van der Waals surface area contributed by atoms with Crippen molar-refractivity contribution in [3.05, 3.63) is 24.3 Å². The Morgan fingerprint density at radius 2 is 1.81 bits per heavy atom. The molecule has 1 heterocycles. The summed E-state index contributed by atoms with van der Waals surface area (Å²) in [7, 11) is 1.61. The zero-order valence-electron chi connectivity index (χ0n) is 16.7. The van der Waals surface area contributed by atoms with Gasteiger partial charge in [0.25, 0.3) is 0 Å². The van der Waals surface area contributed by atoms with Gasteiger partial charge in [-0.25, -0.2) is 4.79 Å². The number of nitrogens with one attached hydrogen (secondary N) is 2. The lowest BCUT2D eigenvalue weighted by molar-refractivity contribution is -0.117. The van der Waals surface area contributed by atoms with Crippen LogP contribution in [0.4, 0.5) is 10.5 Å². The van der Waals surface area contributed by atoms with Crippen molar-refractivity contribution in [1.82, 2.24) is 10.6 Å². The number of methoxy groups -OCH3 is 1. The Kier molecular flexibility index (Phi) is 5.63. The first-order chi connectivity index (χ1) is 12.8. The van der Waals surface area contributed by atoms with Gasteiger partial charge < -0.3 is 20.3 Å². The highest BCUT2D eigenvalue weighted by molar-refractivity contribution is 5.96. The number of rotatable bonds is 4. The van der Waals surface area contributed by atoms with Crippen LogP contribution < -0.4 is 20.3 Å². The van der Waals surface area contributed by atoms with Crippen LogP contribution in [0, 0.1) is 11.3 Å². The highest BCUT2D eigenvalue weighted by Gasteiger charge is 2.34. The molecule has 0 bridgehead atoms. The number of hydrogen-bond donors (Lipinski definition) is 2. The van der Waals surface area contributed by atoms with E-state index in [4.69, 9.17) is 4.74 Å². The Morgan fingerprint density at radius 3 is 2.44 bits per heavy atom. The van der Waals surface area contributed by atoms with Crippen LogP contribution in [0.5, 0.6) is 5.75 Å². The Labute approximate surface area is 161 Å². The number of hydrogen-bond acceptors (Lipinski definition) is 3. The van der Waals surface area contributed by atoms with Gasteiger partial charge in [0.05, 0.1) is 13.2 Å². The first-order valence-corrected chi connectivity index (χ1v) is 9.77. The molecule has 0 radical (unpaired) electrons. The Hall–Kier alpha value is -2.24. The maximum Gasteiger partial charge on any atom is 0.315 e. The summed E-state index contributed by atoms with van der Waals surface area (Å²) in [5.41, 5.74) is 1.08. The summed E-state index contributed by atoms with van der Waals surface area (Å²) < 4.78 is 5.16. The summed E-state index contributed by atoms with van der Waals surface area (Å²) in [5.74, 6) is 1.39. The van der Waals surface area contributed by atoms with E-state index in [0.29, 0.717) is 18.9 Å². The summed E-state index contributed by atoms with van der Waals surface area (Å²) in [6.07, 6.45) is 3.53. The summed E-state index contributed by atoms with van der Waals surface area (Å²) in [6, 6.07) is 7.26. The molecule has 148 valence electrons. The zero-order valence-corrected chi connectivity index (χ0v) is 16.7. The van der Waals surface area contributed by atoms with Crippen LogP contribution in [0.3, 0.4) is 0 Å². The summed E-state index contributed by atoms with van der Waals surface area (Å²) >= 11 is 0. The smallest absolute Gasteiger partial charge is 0.315 e. The summed E-state index contributed by atoms with van der Waals surface area (Å²) in [6.45, 7) is 7.26. The molecule has 0 aromatic heterocycles. The molecule has 1 saturated carbocycles. The van der Waals surface area contributed by atoms with Crippen molar-refractivity contribution in [3.8, 4) is 5.75 Å². The zero-order chi connectivity index (χ0) is 19.6. The van der Waals surface area contributed by atoms with Crippen LogP contribution in [0.15, 0.2) is 24.3 Å². The van der Waals surface area contributed by atoms with Gasteiger partial charge in [-0.2, -0.15) is 0 Å². The van der Waals surface area contributed by atoms with E-state index in [1.54, 1.807) is 12.0 Å². The molecule has 3 amide bonds. The molecule has 0 unspecified atom stereocenters. The summed E-state index contributed by atoms with van der Waals surface area (Å²) in [4.78, 5) is 26.5. The highest BCUT2D eigenvalue weighted by atomic mass is 16.5. The normalized spacial score (nSPS) is 27.3. The van der Waals surface area contributed by atoms with Gasteiger partial charge in [-0.05, 0) is 54.9 Å².